The van der Waals surface area contributed by atoms with Crippen LogP contribution in [0.4, 0.5) is 5.82 Å². The number of aromatic amines is 2. The van der Waals surface area contributed by atoms with Crippen molar-refractivity contribution < 1.29 is 4.79 Å². The molecule has 2 aromatic rings. The largest absolute Gasteiger partial charge is 0.340 e. The van der Waals surface area contributed by atoms with Gasteiger partial charge in [0.05, 0.1) is 6.33 Å². The lowest BCUT2D eigenvalue weighted by Crippen LogP contribution is -1.96. The van der Waals surface area contributed by atoms with E-state index in [1.807, 2.05) is 0 Å². The maximum Gasteiger partial charge on any atom is 0.212 e. The van der Waals surface area contributed by atoms with Crippen LogP contribution in [0, 0.1) is 0 Å². The topological polar surface area (TPSA) is 99.3 Å². The smallest absolute Gasteiger partial charge is 0.212 e. The van der Waals surface area contributed by atoms with Crippen molar-refractivity contribution in [2.75, 3.05) is 5.32 Å². The molecule has 0 saturated heterocycles. The Morgan fingerprint density at radius 1 is 1.46 bits per heavy atom. The molecule has 2 aromatic heterocycles. The first-order chi connectivity index (χ1) is 6.42. The monoisotopic (exact) mass is 178 g/mol. The summed E-state index contributed by atoms with van der Waals surface area (Å²) >= 11 is 0. The third kappa shape index (κ3) is 1.26. The van der Waals surface area contributed by atoms with Gasteiger partial charge in [-0.05, 0) is 0 Å². The van der Waals surface area contributed by atoms with Gasteiger partial charge in [0.15, 0.2) is 11.6 Å². The molecule has 0 aromatic carbocycles. The Kier molecular flexibility index (Phi) is 1.75. The summed E-state index contributed by atoms with van der Waals surface area (Å²) in [5.74, 6) is 0.952. The van der Waals surface area contributed by atoms with Crippen molar-refractivity contribution in [3.8, 4) is 11.5 Å². The van der Waals surface area contributed by atoms with Gasteiger partial charge >= 0.3 is 0 Å². The van der Waals surface area contributed by atoms with E-state index in [9.17, 15) is 4.79 Å². The van der Waals surface area contributed by atoms with Crippen LogP contribution in [0.2, 0.25) is 0 Å². The Hall–Kier alpha value is -2.18. The van der Waals surface area contributed by atoms with Crippen molar-refractivity contribution in [2.45, 2.75) is 0 Å². The molecule has 1 amide bonds. The molecule has 0 radical (unpaired) electrons. The molecule has 0 aliphatic rings. The van der Waals surface area contributed by atoms with E-state index in [1.54, 1.807) is 0 Å². The van der Waals surface area contributed by atoms with E-state index in [2.05, 4.69) is 30.5 Å². The van der Waals surface area contributed by atoms with E-state index in [-0.39, 0.29) is 0 Å². The number of carbonyl (C=O) groups excluding carboxylic acids is 1. The van der Waals surface area contributed by atoms with Crippen LogP contribution in [0.25, 0.3) is 11.5 Å². The molecular formula is C6H6N6O. The molecule has 2 rings (SSSR count). The third-order valence-corrected chi connectivity index (χ3v) is 1.49. The lowest BCUT2D eigenvalue weighted by atomic mass is 10.4. The predicted molar refractivity (Wildman–Crippen MR) is 43.7 cm³/mol. The van der Waals surface area contributed by atoms with Crippen LogP contribution in [0.1, 0.15) is 0 Å². The van der Waals surface area contributed by atoms with Gasteiger partial charge in [0.1, 0.15) is 12.0 Å². The molecule has 7 heteroatoms. The van der Waals surface area contributed by atoms with Crippen molar-refractivity contribution in [3.63, 3.8) is 0 Å². The number of hydrogen-bond donors (Lipinski definition) is 3. The van der Waals surface area contributed by atoms with E-state index < -0.39 is 0 Å². The molecule has 0 bridgehead atoms. The van der Waals surface area contributed by atoms with Crippen molar-refractivity contribution in [2.24, 2.45) is 0 Å². The number of rotatable bonds is 3. The van der Waals surface area contributed by atoms with Gasteiger partial charge in [-0.2, -0.15) is 5.10 Å². The molecule has 7 nitrogen and oxygen atoms in total. The molecule has 2 heterocycles. The highest BCUT2D eigenvalue weighted by Gasteiger charge is 2.08. The molecule has 0 fully saturated rings. The first kappa shape index (κ1) is 7.47. The second-order valence-corrected chi connectivity index (χ2v) is 2.22. The summed E-state index contributed by atoms with van der Waals surface area (Å²) in [7, 11) is 0. The molecule has 0 unspecified atom stereocenters. The molecule has 0 aliphatic carbocycles. The molecule has 13 heavy (non-hydrogen) atoms. The van der Waals surface area contributed by atoms with Crippen molar-refractivity contribution in [3.05, 3.63) is 12.7 Å². The van der Waals surface area contributed by atoms with Crippen LogP contribution in [0.5, 0.6) is 0 Å². The number of aromatic nitrogens is 5. The van der Waals surface area contributed by atoms with E-state index >= 15 is 0 Å². The van der Waals surface area contributed by atoms with E-state index in [4.69, 9.17) is 0 Å². The minimum atomic E-state index is 0.423. The molecular weight excluding hydrogens is 172 g/mol. The summed E-state index contributed by atoms with van der Waals surface area (Å²) in [5.41, 5.74) is 0.601. The third-order valence-electron chi connectivity index (χ3n) is 1.49. The second kappa shape index (κ2) is 3.05. The zero-order chi connectivity index (χ0) is 9.10. The fourth-order valence-electron chi connectivity index (χ4n) is 0.966. The maximum absolute atomic E-state index is 10.2. The first-order valence-electron chi connectivity index (χ1n) is 3.51. The zero-order valence-corrected chi connectivity index (χ0v) is 6.48. The highest BCUT2D eigenvalue weighted by molar-refractivity contribution is 5.77. The number of nitrogens with one attached hydrogen (secondary N) is 3. The van der Waals surface area contributed by atoms with E-state index in [1.165, 1.54) is 12.7 Å². The van der Waals surface area contributed by atoms with Crippen LogP contribution in [0.3, 0.4) is 0 Å². The number of hydrogen-bond acceptors (Lipinski definition) is 4. The lowest BCUT2D eigenvalue weighted by molar-refractivity contribution is -0.105. The summed E-state index contributed by atoms with van der Waals surface area (Å²) in [6, 6.07) is 0. The van der Waals surface area contributed by atoms with E-state index in [0.29, 0.717) is 23.7 Å². The summed E-state index contributed by atoms with van der Waals surface area (Å²) < 4.78 is 0. The predicted octanol–water partition coefficient (Wildman–Crippen LogP) is -0.237. The standard InChI is InChI=1S/C6H6N6O/c13-3-10-5-4(7-1-8-5)6-9-2-11-12-6/h1-3H,(H,7,8)(H,10,13)(H,9,11,12). The number of H-pyrrole nitrogens is 2. The summed E-state index contributed by atoms with van der Waals surface area (Å²) in [6.07, 6.45) is 3.39. The molecule has 66 valence electrons. The Balaban J connectivity index is 2.40. The summed E-state index contributed by atoms with van der Waals surface area (Å²) in [6.45, 7) is 0. The molecule has 0 atom stereocenters. The number of nitrogens with zero attached hydrogens (tertiary/aromatic N) is 3. The highest BCUT2D eigenvalue weighted by atomic mass is 16.1. The minimum absolute atomic E-state index is 0.423. The van der Waals surface area contributed by atoms with Crippen LogP contribution in [-0.4, -0.2) is 31.6 Å². The minimum Gasteiger partial charge on any atom is -0.340 e. The van der Waals surface area contributed by atoms with Crippen molar-refractivity contribution >= 4 is 12.2 Å². The van der Waals surface area contributed by atoms with Gasteiger partial charge in [0.25, 0.3) is 0 Å². The van der Waals surface area contributed by atoms with Gasteiger partial charge in [-0.3, -0.25) is 9.89 Å². The van der Waals surface area contributed by atoms with Crippen LogP contribution >= 0.6 is 0 Å². The Bertz CT molecular complexity index is 391. The number of amides is 1. The first-order valence-corrected chi connectivity index (χ1v) is 3.51. The van der Waals surface area contributed by atoms with E-state index in [0.717, 1.165) is 0 Å². The number of imidazole rings is 1. The summed E-state index contributed by atoms with van der Waals surface area (Å²) in [4.78, 5) is 20.8. The fourth-order valence-corrected chi connectivity index (χ4v) is 0.966. The fraction of sp³-hybridized carbons (Fsp3) is 0. The van der Waals surface area contributed by atoms with Crippen molar-refractivity contribution in [1.82, 2.24) is 25.1 Å². The van der Waals surface area contributed by atoms with Gasteiger partial charge in [0.2, 0.25) is 6.41 Å². The Morgan fingerprint density at radius 2 is 2.38 bits per heavy atom. The number of anilines is 1. The van der Waals surface area contributed by atoms with Gasteiger partial charge in [-0.1, -0.05) is 0 Å². The lowest BCUT2D eigenvalue weighted by Gasteiger charge is -1.94. The SMILES string of the molecule is O=CNc1nc[nH]c1-c1ncn[nH]1. The quantitative estimate of drug-likeness (QED) is 0.565. The second-order valence-electron chi connectivity index (χ2n) is 2.22. The van der Waals surface area contributed by atoms with Crippen molar-refractivity contribution in [1.29, 1.82) is 0 Å². The van der Waals surface area contributed by atoms with Crippen LogP contribution in [-0.2, 0) is 4.79 Å². The number of carbonyl (C=O) groups is 1. The van der Waals surface area contributed by atoms with Gasteiger partial charge in [-0.15, -0.1) is 0 Å². The van der Waals surface area contributed by atoms with Gasteiger partial charge in [0, 0.05) is 0 Å². The molecule has 0 aliphatic heterocycles. The van der Waals surface area contributed by atoms with Gasteiger partial charge < -0.3 is 10.3 Å². The zero-order valence-electron chi connectivity index (χ0n) is 6.48. The molecule has 3 N–H and O–H groups in total. The Labute approximate surface area is 72.6 Å². The Morgan fingerprint density at radius 3 is 3.08 bits per heavy atom. The summed E-state index contributed by atoms with van der Waals surface area (Å²) in [5, 5.41) is 8.76. The average Bonchev–Trinajstić information content (AvgIpc) is 2.71. The highest BCUT2D eigenvalue weighted by Crippen LogP contribution is 2.18. The van der Waals surface area contributed by atoms with Crippen LogP contribution < -0.4 is 5.32 Å². The molecule has 0 spiro atoms. The molecule has 0 saturated carbocycles. The normalized spacial score (nSPS) is 9.85. The average molecular weight is 178 g/mol. The van der Waals surface area contributed by atoms with Crippen LogP contribution in [0.15, 0.2) is 12.7 Å². The maximum atomic E-state index is 10.2. The van der Waals surface area contributed by atoms with Gasteiger partial charge in [-0.25, -0.2) is 9.97 Å².